The molecule has 26 heavy (non-hydrogen) atoms. The van der Waals surface area contributed by atoms with Gasteiger partial charge in [0.25, 0.3) is 0 Å². The van der Waals surface area contributed by atoms with Gasteiger partial charge in [0.15, 0.2) is 11.5 Å². The lowest BCUT2D eigenvalue weighted by atomic mass is 9.88. The van der Waals surface area contributed by atoms with Gasteiger partial charge in [-0.25, -0.2) is 0 Å². The zero-order valence-electron chi connectivity index (χ0n) is 15.2. The Morgan fingerprint density at radius 1 is 1.35 bits per heavy atom. The number of fused-ring (bicyclic) bond motifs is 1. The first-order valence-corrected chi connectivity index (χ1v) is 9.42. The number of hydrogen-bond acceptors (Lipinski definition) is 5. The number of nitrogens with one attached hydrogen (secondary N) is 1. The third-order valence-corrected chi connectivity index (χ3v) is 5.86. The van der Waals surface area contributed by atoms with Gasteiger partial charge in [-0.15, -0.1) is 11.3 Å². The molecule has 0 saturated carbocycles. The van der Waals surface area contributed by atoms with Crippen LogP contribution < -0.4 is 14.8 Å². The molecule has 0 fully saturated rings. The molecule has 1 amide bonds. The molecule has 1 aromatic heterocycles. The highest BCUT2D eigenvalue weighted by Crippen LogP contribution is 2.39. The van der Waals surface area contributed by atoms with Crippen molar-refractivity contribution in [3.8, 4) is 17.6 Å². The summed E-state index contributed by atoms with van der Waals surface area (Å²) in [5, 5.41) is 13.1. The van der Waals surface area contributed by atoms with Gasteiger partial charge in [0.05, 0.1) is 26.2 Å². The monoisotopic (exact) mass is 370 g/mol. The number of carbonyl (C=O) groups is 1. The summed E-state index contributed by atoms with van der Waals surface area (Å²) >= 11 is 1.54. The van der Waals surface area contributed by atoms with Crippen LogP contribution in [0.4, 0.5) is 5.00 Å². The van der Waals surface area contributed by atoms with Crippen molar-refractivity contribution in [2.75, 3.05) is 19.5 Å². The van der Waals surface area contributed by atoms with Crippen molar-refractivity contribution in [2.24, 2.45) is 5.92 Å². The van der Waals surface area contributed by atoms with Gasteiger partial charge in [0.2, 0.25) is 5.91 Å². The first-order valence-electron chi connectivity index (χ1n) is 8.61. The molecule has 6 heteroatoms. The van der Waals surface area contributed by atoms with Gasteiger partial charge in [0.1, 0.15) is 11.1 Å². The van der Waals surface area contributed by atoms with Crippen LogP contribution >= 0.6 is 11.3 Å². The topological polar surface area (TPSA) is 71.3 Å². The lowest BCUT2D eigenvalue weighted by molar-refractivity contribution is -0.115. The van der Waals surface area contributed by atoms with Crippen LogP contribution in [0.15, 0.2) is 18.2 Å². The summed E-state index contributed by atoms with van der Waals surface area (Å²) in [6, 6.07) is 7.70. The van der Waals surface area contributed by atoms with E-state index in [1.165, 1.54) is 4.88 Å². The Labute approximate surface area is 157 Å². The van der Waals surface area contributed by atoms with Crippen molar-refractivity contribution in [1.29, 1.82) is 5.26 Å². The fourth-order valence-corrected chi connectivity index (χ4v) is 4.68. The fourth-order valence-electron chi connectivity index (χ4n) is 3.30. The van der Waals surface area contributed by atoms with Gasteiger partial charge in [-0.1, -0.05) is 13.0 Å². The Kier molecular flexibility index (Phi) is 5.48. The van der Waals surface area contributed by atoms with E-state index in [1.807, 2.05) is 6.07 Å². The summed E-state index contributed by atoms with van der Waals surface area (Å²) in [5.74, 6) is 1.71. The maximum Gasteiger partial charge on any atom is 0.229 e. The predicted molar refractivity (Wildman–Crippen MR) is 102 cm³/mol. The highest BCUT2D eigenvalue weighted by Gasteiger charge is 2.24. The van der Waals surface area contributed by atoms with E-state index >= 15 is 0 Å². The minimum Gasteiger partial charge on any atom is -0.493 e. The molecule has 0 radical (unpaired) electrons. The Bertz CT molecular complexity index is 867. The van der Waals surface area contributed by atoms with Gasteiger partial charge >= 0.3 is 0 Å². The number of amides is 1. The van der Waals surface area contributed by atoms with E-state index < -0.39 is 0 Å². The van der Waals surface area contributed by atoms with Crippen molar-refractivity contribution in [3.63, 3.8) is 0 Å². The van der Waals surface area contributed by atoms with E-state index in [0.717, 1.165) is 30.4 Å². The summed E-state index contributed by atoms with van der Waals surface area (Å²) in [6.07, 6.45) is 3.21. The minimum absolute atomic E-state index is 0.139. The average Bonchev–Trinajstić information content (AvgIpc) is 2.97. The second kappa shape index (κ2) is 7.79. The average molecular weight is 370 g/mol. The number of nitriles is 1. The summed E-state index contributed by atoms with van der Waals surface area (Å²) in [7, 11) is 3.14. The molecule has 1 aliphatic carbocycles. The number of hydrogen-bond donors (Lipinski definition) is 1. The third-order valence-electron chi connectivity index (χ3n) is 4.69. The van der Waals surface area contributed by atoms with Crippen LogP contribution in [-0.4, -0.2) is 20.1 Å². The standard InChI is InChI=1S/C20H22N2O3S/c1-12-4-6-14-15(11-21)20(26-18(14)8-12)22-19(23)10-13-5-7-16(24-2)17(9-13)25-3/h5,7,9,12H,4,6,8,10H2,1-3H3,(H,22,23). The minimum atomic E-state index is -0.139. The van der Waals surface area contributed by atoms with Crippen molar-refractivity contribution >= 4 is 22.2 Å². The Morgan fingerprint density at radius 2 is 2.12 bits per heavy atom. The van der Waals surface area contributed by atoms with Gasteiger partial charge in [0, 0.05) is 4.88 Å². The molecule has 1 N–H and O–H groups in total. The zero-order valence-corrected chi connectivity index (χ0v) is 16.0. The number of anilines is 1. The van der Waals surface area contributed by atoms with Crippen LogP contribution in [0.2, 0.25) is 0 Å². The Hall–Kier alpha value is -2.52. The molecule has 1 aliphatic rings. The molecular weight excluding hydrogens is 348 g/mol. The second-order valence-electron chi connectivity index (χ2n) is 6.58. The maximum absolute atomic E-state index is 12.5. The molecule has 1 heterocycles. The number of nitrogens with zero attached hydrogens (tertiary/aromatic N) is 1. The molecule has 3 rings (SSSR count). The molecule has 1 aromatic carbocycles. The van der Waals surface area contributed by atoms with Crippen molar-refractivity contribution in [2.45, 2.75) is 32.6 Å². The molecule has 136 valence electrons. The highest BCUT2D eigenvalue weighted by atomic mass is 32.1. The Balaban J connectivity index is 1.76. The SMILES string of the molecule is COc1ccc(CC(=O)Nc2sc3c(c2C#N)CCC(C)C3)cc1OC. The summed E-state index contributed by atoms with van der Waals surface area (Å²) in [4.78, 5) is 13.7. The lowest BCUT2D eigenvalue weighted by Gasteiger charge is -2.17. The number of methoxy groups -OCH3 is 2. The van der Waals surface area contributed by atoms with Crippen molar-refractivity contribution in [3.05, 3.63) is 39.8 Å². The largest absolute Gasteiger partial charge is 0.493 e. The molecule has 1 atom stereocenters. The second-order valence-corrected chi connectivity index (χ2v) is 7.69. The molecule has 0 saturated heterocycles. The number of carbonyl (C=O) groups excluding carboxylic acids is 1. The van der Waals surface area contributed by atoms with E-state index in [1.54, 1.807) is 37.7 Å². The van der Waals surface area contributed by atoms with Crippen LogP contribution in [0.5, 0.6) is 11.5 Å². The predicted octanol–water partition coefficient (Wildman–Crippen LogP) is 3.94. The summed E-state index contributed by atoms with van der Waals surface area (Å²) < 4.78 is 10.5. The van der Waals surface area contributed by atoms with E-state index in [-0.39, 0.29) is 12.3 Å². The highest BCUT2D eigenvalue weighted by molar-refractivity contribution is 7.16. The van der Waals surface area contributed by atoms with Crippen LogP contribution in [0.25, 0.3) is 0 Å². The van der Waals surface area contributed by atoms with Crippen molar-refractivity contribution in [1.82, 2.24) is 0 Å². The van der Waals surface area contributed by atoms with Crippen LogP contribution in [-0.2, 0) is 24.1 Å². The lowest BCUT2D eigenvalue weighted by Crippen LogP contribution is -2.14. The molecule has 2 aromatic rings. The normalized spacial score (nSPS) is 15.7. The fraction of sp³-hybridized carbons (Fsp3) is 0.400. The van der Waals surface area contributed by atoms with E-state index in [9.17, 15) is 10.1 Å². The van der Waals surface area contributed by atoms with Gasteiger partial charge in [-0.3, -0.25) is 4.79 Å². The number of rotatable bonds is 5. The first kappa shape index (κ1) is 18.3. The molecule has 5 nitrogen and oxygen atoms in total. The van der Waals surface area contributed by atoms with Gasteiger partial charge in [-0.05, 0) is 48.4 Å². The molecule has 0 bridgehead atoms. The van der Waals surface area contributed by atoms with Crippen molar-refractivity contribution < 1.29 is 14.3 Å². The molecular formula is C20H22N2O3S. The molecule has 0 spiro atoms. The zero-order chi connectivity index (χ0) is 18.7. The summed E-state index contributed by atoms with van der Waals surface area (Å²) in [5.41, 5.74) is 2.59. The van der Waals surface area contributed by atoms with Gasteiger partial charge in [-0.2, -0.15) is 5.26 Å². The quantitative estimate of drug-likeness (QED) is 0.865. The first-order chi connectivity index (χ1) is 12.5. The molecule has 0 aliphatic heterocycles. The number of thiophene rings is 1. The molecule has 1 unspecified atom stereocenters. The maximum atomic E-state index is 12.5. The van der Waals surface area contributed by atoms with Crippen LogP contribution in [0, 0.1) is 17.2 Å². The van der Waals surface area contributed by atoms with E-state index in [4.69, 9.17) is 9.47 Å². The summed E-state index contributed by atoms with van der Waals surface area (Å²) in [6.45, 7) is 2.23. The van der Waals surface area contributed by atoms with Gasteiger partial charge < -0.3 is 14.8 Å². The van der Waals surface area contributed by atoms with E-state index in [0.29, 0.717) is 28.0 Å². The van der Waals surface area contributed by atoms with E-state index in [2.05, 4.69) is 18.3 Å². The number of ether oxygens (including phenoxy) is 2. The smallest absolute Gasteiger partial charge is 0.229 e. The third kappa shape index (κ3) is 3.68. The van der Waals surface area contributed by atoms with Crippen LogP contribution in [0.1, 0.15) is 34.9 Å². The Morgan fingerprint density at radius 3 is 2.81 bits per heavy atom. The van der Waals surface area contributed by atoms with Crippen LogP contribution in [0.3, 0.4) is 0 Å². The number of benzene rings is 1.